The SMILES string of the molecule is COc1ccc(C)cc1C(C)Nc1c(Br)cc(C)cc1Br. The summed E-state index contributed by atoms with van der Waals surface area (Å²) in [6.45, 7) is 6.30. The van der Waals surface area contributed by atoms with Gasteiger partial charge in [0.15, 0.2) is 0 Å². The minimum absolute atomic E-state index is 0.134. The van der Waals surface area contributed by atoms with E-state index in [9.17, 15) is 0 Å². The van der Waals surface area contributed by atoms with Gasteiger partial charge in [-0.15, -0.1) is 0 Å². The fourth-order valence-electron chi connectivity index (χ4n) is 2.32. The van der Waals surface area contributed by atoms with Gasteiger partial charge in [-0.2, -0.15) is 0 Å². The van der Waals surface area contributed by atoms with Crippen LogP contribution < -0.4 is 10.1 Å². The van der Waals surface area contributed by atoms with Crippen LogP contribution in [0.3, 0.4) is 0 Å². The van der Waals surface area contributed by atoms with Crippen LogP contribution in [0.5, 0.6) is 5.75 Å². The molecular formula is C17H19Br2NO. The van der Waals surface area contributed by atoms with E-state index in [-0.39, 0.29) is 6.04 Å². The number of nitrogens with one attached hydrogen (secondary N) is 1. The molecule has 1 N–H and O–H groups in total. The predicted molar refractivity (Wildman–Crippen MR) is 96.3 cm³/mol. The van der Waals surface area contributed by atoms with Crippen molar-refractivity contribution in [3.8, 4) is 5.75 Å². The van der Waals surface area contributed by atoms with Gasteiger partial charge >= 0.3 is 0 Å². The Balaban J connectivity index is 2.34. The smallest absolute Gasteiger partial charge is 0.124 e. The first-order valence-corrected chi connectivity index (χ1v) is 8.37. The number of methoxy groups -OCH3 is 1. The second-order valence-corrected chi connectivity index (χ2v) is 6.92. The minimum atomic E-state index is 0.134. The second-order valence-electron chi connectivity index (χ2n) is 5.21. The number of halogens is 2. The number of hydrogen-bond acceptors (Lipinski definition) is 2. The van der Waals surface area contributed by atoms with Gasteiger partial charge in [-0.05, 0) is 76.4 Å². The largest absolute Gasteiger partial charge is 0.496 e. The zero-order chi connectivity index (χ0) is 15.6. The first-order valence-electron chi connectivity index (χ1n) is 6.79. The molecule has 0 aliphatic heterocycles. The Hall–Kier alpha value is -1.000. The van der Waals surface area contributed by atoms with Crippen molar-refractivity contribution >= 4 is 37.5 Å². The van der Waals surface area contributed by atoms with Crippen LogP contribution in [0.15, 0.2) is 39.3 Å². The highest BCUT2D eigenvalue weighted by molar-refractivity contribution is 9.11. The van der Waals surface area contributed by atoms with E-state index < -0.39 is 0 Å². The van der Waals surface area contributed by atoms with Gasteiger partial charge in [0.2, 0.25) is 0 Å². The van der Waals surface area contributed by atoms with Gasteiger partial charge < -0.3 is 10.1 Å². The average molecular weight is 413 g/mol. The molecule has 2 aromatic carbocycles. The van der Waals surface area contributed by atoms with Crippen LogP contribution in [0, 0.1) is 13.8 Å². The van der Waals surface area contributed by atoms with Crippen LogP contribution in [0.1, 0.15) is 29.7 Å². The Morgan fingerprint density at radius 3 is 2.19 bits per heavy atom. The van der Waals surface area contributed by atoms with Crippen LogP contribution in [0.2, 0.25) is 0 Å². The van der Waals surface area contributed by atoms with E-state index in [1.165, 1.54) is 11.1 Å². The van der Waals surface area contributed by atoms with Gasteiger partial charge in [-0.1, -0.05) is 17.7 Å². The quantitative estimate of drug-likeness (QED) is 0.663. The maximum absolute atomic E-state index is 5.48. The van der Waals surface area contributed by atoms with Crippen molar-refractivity contribution in [3.05, 3.63) is 56.0 Å². The Bertz CT molecular complexity index is 632. The van der Waals surface area contributed by atoms with E-state index in [1.54, 1.807) is 7.11 Å². The summed E-state index contributed by atoms with van der Waals surface area (Å²) in [7, 11) is 1.71. The van der Waals surface area contributed by atoms with Crippen LogP contribution in [0.25, 0.3) is 0 Å². The molecule has 0 saturated heterocycles. The zero-order valence-electron chi connectivity index (χ0n) is 12.6. The van der Waals surface area contributed by atoms with E-state index in [4.69, 9.17) is 4.74 Å². The summed E-state index contributed by atoms with van der Waals surface area (Å²) in [5, 5.41) is 3.55. The average Bonchev–Trinajstić information content (AvgIpc) is 2.42. The Morgan fingerprint density at radius 1 is 1.00 bits per heavy atom. The topological polar surface area (TPSA) is 21.3 Å². The molecule has 4 heteroatoms. The third-order valence-corrected chi connectivity index (χ3v) is 4.65. The van der Waals surface area contributed by atoms with Gasteiger partial charge in [-0.3, -0.25) is 0 Å². The van der Waals surface area contributed by atoms with Crippen molar-refractivity contribution in [1.29, 1.82) is 0 Å². The van der Waals surface area contributed by atoms with Gasteiger partial charge in [0.1, 0.15) is 5.75 Å². The molecule has 2 aromatic rings. The number of rotatable bonds is 4. The van der Waals surface area contributed by atoms with Crippen molar-refractivity contribution < 1.29 is 4.74 Å². The molecule has 112 valence electrons. The lowest BCUT2D eigenvalue weighted by Crippen LogP contribution is -2.09. The van der Waals surface area contributed by atoms with Gasteiger partial charge in [-0.25, -0.2) is 0 Å². The first-order chi connectivity index (χ1) is 9.92. The highest BCUT2D eigenvalue weighted by atomic mass is 79.9. The molecule has 1 atom stereocenters. The van der Waals surface area contributed by atoms with Crippen molar-refractivity contribution in [3.63, 3.8) is 0 Å². The lowest BCUT2D eigenvalue weighted by molar-refractivity contribution is 0.408. The van der Waals surface area contributed by atoms with Crippen LogP contribution in [-0.2, 0) is 0 Å². The maximum Gasteiger partial charge on any atom is 0.124 e. The van der Waals surface area contributed by atoms with E-state index in [2.05, 4.69) is 82.2 Å². The van der Waals surface area contributed by atoms with Crippen molar-refractivity contribution in [2.75, 3.05) is 12.4 Å². The summed E-state index contributed by atoms with van der Waals surface area (Å²) in [5.74, 6) is 0.903. The molecule has 21 heavy (non-hydrogen) atoms. The molecule has 2 rings (SSSR count). The lowest BCUT2D eigenvalue weighted by Gasteiger charge is -2.21. The van der Waals surface area contributed by atoms with Gasteiger partial charge in [0, 0.05) is 14.5 Å². The predicted octanol–water partition coefficient (Wildman–Crippen LogP) is 6.01. The lowest BCUT2D eigenvalue weighted by atomic mass is 10.0. The number of hydrogen-bond donors (Lipinski definition) is 1. The van der Waals surface area contributed by atoms with Crippen LogP contribution in [-0.4, -0.2) is 7.11 Å². The molecule has 1 unspecified atom stereocenters. The number of anilines is 1. The highest BCUT2D eigenvalue weighted by Gasteiger charge is 2.15. The van der Waals surface area contributed by atoms with Crippen molar-refractivity contribution in [2.45, 2.75) is 26.8 Å². The third-order valence-electron chi connectivity index (χ3n) is 3.40. The number of benzene rings is 2. The molecule has 2 nitrogen and oxygen atoms in total. The van der Waals surface area contributed by atoms with Crippen LogP contribution in [0.4, 0.5) is 5.69 Å². The van der Waals surface area contributed by atoms with E-state index in [0.717, 1.165) is 25.9 Å². The fraction of sp³-hybridized carbons (Fsp3) is 0.294. The van der Waals surface area contributed by atoms with E-state index in [0.29, 0.717) is 0 Å². The van der Waals surface area contributed by atoms with Gasteiger partial charge in [0.05, 0.1) is 18.8 Å². The van der Waals surface area contributed by atoms with Crippen LogP contribution >= 0.6 is 31.9 Å². The number of aryl methyl sites for hydroxylation is 2. The monoisotopic (exact) mass is 411 g/mol. The molecule has 0 bridgehead atoms. The molecule has 0 fully saturated rings. The molecule has 0 aliphatic carbocycles. The van der Waals surface area contributed by atoms with E-state index >= 15 is 0 Å². The summed E-state index contributed by atoms with van der Waals surface area (Å²) in [6, 6.07) is 10.6. The molecule has 0 heterocycles. The maximum atomic E-state index is 5.48. The summed E-state index contributed by atoms with van der Waals surface area (Å²) in [6.07, 6.45) is 0. The summed E-state index contributed by atoms with van der Waals surface area (Å²) in [4.78, 5) is 0. The minimum Gasteiger partial charge on any atom is -0.496 e. The zero-order valence-corrected chi connectivity index (χ0v) is 15.8. The Morgan fingerprint density at radius 2 is 1.62 bits per heavy atom. The molecule has 0 amide bonds. The number of ether oxygens (including phenoxy) is 1. The van der Waals surface area contributed by atoms with Crippen molar-refractivity contribution in [1.82, 2.24) is 0 Å². The highest BCUT2D eigenvalue weighted by Crippen LogP contribution is 2.36. The molecule has 0 saturated carbocycles. The van der Waals surface area contributed by atoms with Gasteiger partial charge in [0.25, 0.3) is 0 Å². The first kappa shape index (κ1) is 16.4. The summed E-state index contributed by atoms with van der Waals surface area (Å²) in [5.41, 5.74) is 4.63. The Kier molecular flexibility index (Phi) is 5.33. The summed E-state index contributed by atoms with van der Waals surface area (Å²) < 4.78 is 7.57. The third kappa shape index (κ3) is 3.80. The molecular weight excluding hydrogens is 394 g/mol. The molecule has 0 spiro atoms. The van der Waals surface area contributed by atoms with Crippen molar-refractivity contribution in [2.24, 2.45) is 0 Å². The Labute approximate surface area is 143 Å². The molecule has 0 aliphatic rings. The fourth-order valence-corrected chi connectivity index (χ4v) is 3.97. The second kappa shape index (κ2) is 6.84. The normalized spacial score (nSPS) is 12.1. The molecule has 0 aromatic heterocycles. The standard InChI is InChI=1S/C17H19Br2NO/c1-10-5-6-16(21-4)13(7-10)12(3)20-17-14(18)8-11(2)9-15(17)19/h5-9,12,20H,1-4H3. The van der Waals surface area contributed by atoms with E-state index in [1.807, 2.05) is 6.07 Å². The molecule has 0 radical (unpaired) electrons. The summed E-state index contributed by atoms with van der Waals surface area (Å²) >= 11 is 7.25.